The van der Waals surface area contributed by atoms with Crippen molar-refractivity contribution < 1.29 is 0 Å². The molecule has 2 heterocycles. The minimum Gasteiger partial charge on any atom is -0.317 e. The minimum absolute atomic E-state index is 0.752. The van der Waals surface area contributed by atoms with Crippen LogP contribution in [0, 0.1) is 0 Å². The second kappa shape index (κ2) is 9.01. The molecule has 0 saturated carbocycles. The molecule has 1 atom stereocenters. The predicted octanol–water partition coefficient (Wildman–Crippen LogP) is 2.71. The topological polar surface area (TPSA) is 18.5 Å². The highest BCUT2D eigenvalue weighted by atomic mass is 15.2. The van der Waals surface area contributed by atoms with E-state index in [4.69, 9.17) is 0 Å². The molecule has 0 spiro atoms. The first kappa shape index (κ1) is 16.3. The molecule has 2 fully saturated rings. The van der Waals surface area contributed by atoms with Crippen molar-refractivity contribution in [3.8, 4) is 0 Å². The van der Waals surface area contributed by atoms with Crippen LogP contribution in [0.3, 0.4) is 0 Å². The summed E-state index contributed by atoms with van der Waals surface area (Å²) in [6.45, 7) is 12.4. The lowest BCUT2D eigenvalue weighted by molar-refractivity contribution is 0.0740. The Kier molecular flexibility index (Phi) is 7.32. The minimum atomic E-state index is 0.752. The smallest absolute Gasteiger partial charge is 0.0120 e. The maximum Gasteiger partial charge on any atom is 0.0120 e. The largest absolute Gasteiger partial charge is 0.317 e. The van der Waals surface area contributed by atoms with Crippen molar-refractivity contribution in [1.82, 2.24) is 15.1 Å². The van der Waals surface area contributed by atoms with Crippen LogP contribution in [0.25, 0.3) is 0 Å². The van der Waals surface area contributed by atoms with Gasteiger partial charge in [0.25, 0.3) is 0 Å². The lowest BCUT2D eigenvalue weighted by atomic mass is 9.98. The van der Waals surface area contributed by atoms with Gasteiger partial charge in [-0.05, 0) is 84.7 Å². The van der Waals surface area contributed by atoms with Crippen LogP contribution in [-0.2, 0) is 0 Å². The van der Waals surface area contributed by atoms with Crippen LogP contribution in [0.5, 0.6) is 0 Å². The van der Waals surface area contributed by atoms with Crippen LogP contribution < -0.4 is 5.32 Å². The zero-order chi connectivity index (χ0) is 14.2. The summed E-state index contributed by atoms with van der Waals surface area (Å²) in [6, 6.07) is 1.64. The summed E-state index contributed by atoms with van der Waals surface area (Å²) in [5.74, 6) is 0. The molecular weight excluding hydrogens is 246 g/mol. The first-order valence-electron chi connectivity index (χ1n) is 9.00. The fourth-order valence-corrected chi connectivity index (χ4v) is 3.77. The van der Waals surface area contributed by atoms with Gasteiger partial charge in [0, 0.05) is 12.1 Å². The lowest BCUT2D eigenvalue weighted by Crippen LogP contribution is -2.49. The monoisotopic (exact) mass is 281 g/mol. The quantitative estimate of drug-likeness (QED) is 0.724. The van der Waals surface area contributed by atoms with Gasteiger partial charge in [-0.15, -0.1) is 0 Å². The van der Waals surface area contributed by atoms with Crippen LogP contribution in [0.2, 0.25) is 0 Å². The van der Waals surface area contributed by atoms with Crippen molar-refractivity contribution in [3.63, 3.8) is 0 Å². The normalized spacial score (nSPS) is 24.9. The molecule has 0 aromatic rings. The molecular formula is C17H35N3. The van der Waals surface area contributed by atoms with Crippen LogP contribution in [0.1, 0.15) is 58.8 Å². The van der Waals surface area contributed by atoms with Crippen molar-refractivity contribution in [2.45, 2.75) is 70.9 Å². The highest BCUT2D eigenvalue weighted by Crippen LogP contribution is 2.22. The molecule has 2 rings (SSSR count). The molecule has 2 aliphatic rings. The van der Waals surface area contributed by atoms with Gasteiger partial charge >= 0.3 is 0 Å². The van der Waals surface area contributed by atoms with Crippen molar-refractivity contribution in [2.75, 3.05) is 39.3 Å². The Hall–Kier alpha value is -0.120. The van der Waals surface area contributed by atoms with Gasteiger partial charge in [0.1, 0.15) is 0 Å². The second-order valence-electron chi connectivity index (χ2n) is 6.75. The Balaban J connectivity index is 1.62. The van der Waals surface area contributed by atoms with Crippen LogP contribution in [-0.4, -0.2) is 61.2 Å². The Morgan fingerprint density at radius 2 is 1.70 bits per heavy atom. The van der Waals surface area contributed by atoms with E-state index in [2.05, 4.69) is 29.0 Å². The number of hydrogen-bond donors (Lipinski definition) is 1. The number of nitrogens with zero attached hydrogens (tertiary/aromatic N) is 2. The van der Waals surface area contributed by atoms with E-state index in [0.717, 1.165) is 12.1 Å². The SMILES string of the molecule is CCCNCCC(C)N1CCC(N2CCCCC2)CC1. The van der Waals surface area contributed by atoms with Gasteiger partial charge in [0.05, 0.1) is 0 Å². The molecule has 0 aromatic carbocycles. The molecule has 0 bridgehead atoms. The highest BCUT2D eigenvalue weighted by Gasteiger charge is 2.27. The Morgan fingerprint density at radius 3 is 2.35 bits per heavy atom. The molecule has 1 unspecified atom stereocenters. The second-order valence-corrected chi connectivity index (χ2v) is 6.75. The van der Waals surface area contributed by atoms with Gasteiger partial charge in [0.2, 0.25) is 0 Å². The molecule has 1 N–H and O–H groups in total. The standard InChI is InChI=1S/C17H35N3/c1-3-10-18-11-7-16(2)19-14-8-17(9-15-19)20-12-5-4-6-13-20/h16-18H,3-15H2,1-2H3. The summed E-state index contributed by atoms with van der Waals surface area (Å²) in [5.41, 5.74) is 0. The van der Waals surface area contributed by atoms with Gasteiger partial charge < -0.3 is 15.1 Å². The summed E-state index contributed by atoms with van der Waals surface area (Å²) < 4.78 is 0. The molecule has 3 nitrogen and oxygen atoms in total. The Morgan fingerprint density at radius 1 is 1.00 bits per heavy atom. The van der Waals surface area contributed by atoms with Gasteiger partial charge in [-0.3, -0.25) is 0 Å². The van der Waals surface area contributed by atoms with Gasteiger partial charge in [-0.1, -0.05) is 13.3 Å². The van der Waals surface area contributed by atoms with Crippen molar-refractivity contribution in [1.29, 1.82) is 0 Å². The molecule has 0 radical (unpaired) electrons. The molecule has 2 aliphatic heterocycles. The maximum absolute atomic E-state index is 3.53. The average molecular weight is 281 g/mol. The molecule has 118 valence electrons. The zero-order valence-electron chi connectivity index (χ0n) is 13.7. The third-order valence-corrected chi connectivity index (χ3v) is 5.20. The lowest BCUT2D eigenvalue weighted by Gasteiger charge is -2.42. The summed E-state index contributed by atoms with van der Waals surface area (Å²) in [6.07, 6.45) is 9.65. The molecule has 0 aromatic heterocycles. The van der Waals surface area contributed by atoms with E-state index in [0.29, 0.717) is 0 Å². The first-order chi connectivity index (χ1) is 9.81. The van der Waals surface area contributed by atoms with Gasteiger partial charge in [-0.2, -0.15) is 0 Å². The number of rotatable bonds is 7. The van der Waals surface area contributed by atoms with E-state index in [1.54, 1.807) is 0 Å². The third-order valence-electron chi connectivity index (χ3n) is 5.20. The summed E-state index contributed by atoms with van der Waals surface area (Å²) >= 11 is 0. The first-order valence-corrected chi connectivity index (χ1v) is 9.00. The Labute approximate surface area is 126 Å². The van der Waals surface area contributed by atoms with E-state index < -0.39 is 0 Å². The van der Waals surface area contributed by atoms with Crippen molar-refractivity contribution in [2.24, 2.45) is 0 Å². The van der Waals surface area contributed by atoms with Gasteiger partial charge in [0.15, 0.2) is 0 Å². The summed E-state index contributed by atoms with van der Waals surface area (Å²) in [4.78, 5) is 5.49. The molecule has 0 amide bonds. The van der Waals surface area contributed by atoms with E-state index >= 15 is 0 Å². The highest BCUT2D eigenvalue weighted by molar-refractivity contribution is 4.83. The maximum atomic E-state index is 3.53. The predicted molar refractivity (Wildman–Crippen MR) is 87.3 cm³/mol. The van der Waals surface area contributed by atoms with Crippen LogP contribution >= 0.6 is 0 Å². The summed E-state index contributed by atoms with van der Waals surface area (Å²) in [5, 5.41) is 3.53. The zero-order valence-corrected chi connectivity index (χ0v) is 13.7. The van der Waals surface area contributed by atoms with Crippen molar-refractivity contribution in [3.05, 3.63) is 0 Å². The third kappa shape index (κ3) is 5.01. The van der Waals surface area contributed by atoms with Crippen LogP contribution in [0.4, 0.5) is 0 Å². The number of piperidine rings is 2. The number of hydrogen-bond acceptors (Lipinski definition) is 3. The number of nitrogens with one attached hydrogen (secondary N) is 1. The molecule has 3 heteroatoms. The average Bonchev–Trinajstić information content (AvgIpc) is 2.52. The van der Waals surface area contributed by atoms with E-state index in [9.17, 15) is 0 Å². The molecule has 2 saturated heterocycles. The molecule has 0 aliphatic carbocycles. The van der Waals surface area contributed by atoms with E-state index in [1.165, 1.54) is 84.2 Å². The number of likely N-dealkylation sites (tertiary alicyclic amines) is 2. The molecule has 20 heavy (non-hydrogen) atoms. The fraction of sp³-hybridized carbons (Fsp3) is 1.00. The van der Waals surface area contributed by atoms with Crippen LogP contribution in [0.15, 0.2) is 0 Å². The van der Waals surface area contributed by atoms with Crippen molar-refractivity contribution >= 4 is 0 Å². The van der Waals surface area contributed by atoms with Gasteiger partial charge in [-0.25, -0.2) is 0 Å². The fourth-order valence-electron chi connectivity index (χ4n) is 3.77. The summed E-state index contributed by atoms with van der Waals surface area (Å²) in [7, 11) is 0. The Bertz CT molecular complexity index is 243. The van der Waals surface area contributed by atoms with E-state index in [1.807, 2.05) is 0 Å². The van der Waals surface area contributed by atoms with E-state index in [-0.39, 0.29) is 0 Å².